The number of nitro benzene ring substituents is 1. The molecule has 0 spiro atoms. The zero-order chi connectivity index (χ0) is 25.5. The Labute approximate surface area is 199 Å². The number of hydrazine groups is 1. The predicted molar refractivity (Wildman–Crippen MR) is 120 cm³/mol. The van der Waals surface area contributed by atoms with Crippen molar-refractivity contribution in [3.63, 3.8) is 0 Å². The number of carbonyl (C=O) groups excluding carboxylic acids is 4. The highest BCUT2D eigenvalue weighted by Crippen LogP contribution is 2.29. The number of para-hydroxylation sites is 1. The largest absolute Gasteiger partial charge is 0.497 e. The molecule has 3 amide bonds. The quantitative estimate of drug-likeness (QED) is 0.301. The summed E-state index contributed by atoms with van der Waals surface area (Å²) >= 11 is 0. The van der Waals surface area contributed by atoms with Crippen LogP contribution in [0.15, 0.2) is 42.5 Å². The second-order valence-electron chi connectivity index (χ2n) is 7.34. The van der Waals surface area contributed by atoms with E-state index in [1.165, 1.54) is 38.5 Å². The Kier molecular flexibility index (Phi) is 7.81. The summed E-state index contributed by atoms with van der Waals surface area (Å²) in [5.74, 6) is -3.07. The molecular formula is C22H22N4O9. The lowest BCUT2D eigenvalue weighted by Gasteiger charge is -2.18. The predicted octanol–water partition coefficient (Wildman–Crippen LogP) is 1.29. The number of nitrogens with zero attached hydrogens (tertiary/aromatic N) is 2. The molecule has 0 bridgehead atoms. The Hall–Kier alpha value is -4.68. The van der Waals surface area contributed by atoms with Crippen molar-refractivity contribution in [1.82, 2.24) is 10.4 Å². The summed E-state index contributed by atoms with van der Waals surface area (Å²) in [6.45, 7) is -0.882. The summed E-state index contributed by atoms with van der Waals surface area (Å²) in [6.07, 6.45) is -0.228. The van der Waals surface area contributed by atoms with Gasteiger partial charge in [0.15, 0.2) is 6.61 Å². The first-order chi connectivity index (χ1) is 16.7. The van der Waals surface area contributed by atoms with Crippen LogP contribution in [-0.4, -0.2) is 61.0 Å². The van der Waals surface area contributed by atoms with E-state index in [0.717, 1.165) is 5.01 Å². The summed E-state index contributed by atoms with van der Waals surface area (Å²) in [4.78, 5) is 59.8. The van der Waals surface area contributed by atoms with Gasteiger partial charge in [0.2, 0.25) is 5.91 Å². The van der Waals surface area contributed by atoms with Crippen LogP contribution in [0.4, 0.5) is 11.4 Å². The zero-order valence-corrected chi connectivity index (χ0v) is 18.8. The lowest BCUT2D eigenvalue weighted by Crippen LogP contribution is -2.43. The molecule has 184 valence electrons. The molecule has 0 aromatic heterocycles. The van der Waals surface area contributed by atoms with Gasteiger partial charge in [0.25, 0.3) is 17.5 Å². The second kappa shape index (κ2) is 11.0. The van der Waals surface area contributed by atoms with Gasteiger partial charge in [-0.25, -0.2) is 0 Å². The monoisotopic (exact) mass is 486 g/mol. The van der Waals surface area contributed by atoms with Gasteiger partial charge >= 0.3 is 5.97 Å². The number of benzene rings is 2. The van der Waals surface area contributed by atoms with E-state index in [2.05, 4.69) is 10.7 Å². The molecule has 35 heavy (non-hydrogen) atoms. The van der Waals surface area contributed by atoms with Crippen molar-refractivity contribution in [2.24, 2.45) is 5.92 Å². The van der Waals surface area contributed by atoms with E-state index in [1.807, 2.05) is 0 Å². The number of nitro groups is 1. The van der Waals surface area contributed by atoms with Crippen molar-refractivity contribution in [3.8, 4) is 11.5 Å². The van der Waals surface area contributed by atoms with E-state index in [1.54, 1.807) is 18.2 Å². The number of rotatable bonds is 9. The van der Waals surface area contributed by atoms with E-state index < -0.39 is 41.1 Å². The van der Waals surface area contributed by atoms with Gasteiger partial charge in [-0.3, -0.25) is 39.7 Å². The molecule has 0 saturated carbocycles. The van der Waals surface area contributed by atoms with Crippen LogP contribution in [0, 0.1) is 16.0 Å². The summed E-state index contributed by atoms with van der Waals surface area (Å²) in [7, 11) is 2.77. The van der Waals surface area contributed by atoms with Crippen LogP contribution in [-0.2, 0) is 19.1 Å². The molecule has 0 aliphatic carbocycles. The van der Waals surface area contributed by atoms with Gasteiger partial charge in [0.05, 0.1) is 37.2 Å². The number of esters is 1. The lowest BCUT2D eigenvalue weighted by molar-refractivity contribution is -0.383. The van der Waals surface area contributed by atoms with Crippen LogP contribution >= 0.6 is 0 Å². The SMILES string of the molecule is COc1ccc([N+](=O)[O-])c(NC(=O)COC(=O)[C@H]2CC(=O)N(NC(=O)c3ccccc3OC)C2)c1. The Bertz CT molecular complexity index is 1170. The number of anilines is 1. The third-order valence-electron chi connectivity index (χ3n) is 5.07. The maximum absolute atomic E-state index is 12.5. The number of methoxy groups -OCH3 is 2. The second-order valence-corrected chi connectivity index (χ2v) is 7.34. The van der Waals surface area contributed by atoms with E-state index >= 15 is 0 Å². The van der Waals surface area contributed by atoms with Crippen LogP contribution in [0.1, 0.15) is 16.8 Å². The van der Waals surface area contributed by atoms with Crippen molar-refractivity contribution < 1.29 is 38.3 Å². The molecule has 0 unspecified atom stereocenters. The minimum absolute atomic E-state index is 0.128. The fraction of sp³-hybridized carbons (Fsp3) is 0.273. The van der Waals surface area contributed by atoms with E-state index in [9.17, 15) is 29.3 Å². The summed E-state index contributed by atoms with van der Waals surface area (Å²) in [5.41, 5.74) is 2.14. The minimum atomic E-state index is -0.917. The van der Waals surface area contributed by atoms with Crippen molar-refractivity contribution in [2.45, 2.75) is 6.42 Å². The standard InChI is InChI=1S/C22H22N4O9/c1-33-14-7-8-17(26(31)32)16(10-14)23-19(27)12-35-22(30)13-9-20(28)25(11-13)24-21(29)15-5-3-4-6-18(15)34-2/h3-8,10,13H,9,11-12H2,1-2H3,(H,23,27)(H,24,29)/t13-/m0/s1. The summed E-state index contributed by atoms with van der Waals surface area (Å²) < 4.78 is 15.1. The average Bonchev–Trinajstić information content (AvgIpc) is 3.22. The zero-order valence-electron chi connectivity index (χ0n) is 18.8. The van der Waals surface area contributed by atoms with Gasteiger partial charge in [0, 0.05) is 18.6 Å². The van der Waals surface area contributed by atoms with Gasteiger partial charge in [-0.15, -0.1) is 0 Å². The van der Waals surface area contributed by atoms with Gasteiger partial charge in [-0.05, 0) is 18.2 Å². The molecular weight excluding hydrogens is 464 g/mol. The average molecular weight is 486 g/mol. The molecule has 1 aliphatic heterocycles. The van der Waals surface area contributed by atoms with Crippen LogP contribution in [0.5, 0.6) is 11.5 Å². The van der Waals surface area contributed by atoms with E-state index in [-0.39, 0.29) is 35.7 Å². The number of hydrogen-bond acceptors (Lipinski definition) is 9. The van der Waals surface area contributed by atoms with E-state index in [0.29, 0.717) is 5.75 Å². The number of ether oxygens (including phenoxy) is 3. The Morgan fingerprint density at radius 3 is 2.57 bits per heavy atom. The topological polar surface area (TPSA) is 166 Å². The first kappa shape index (κ1) is 25.0. The Morgan fingerprint density at radius 2 is 1.89 bits per heavy atom. The van der Waals surface area contributed by atoms with E-state index in [4.69, 9.17) is 14.2 Å². The maximum atomic E-state index is 12.5. The van der Waals surface area contributed by atoms with Crippen LogP contribution < -0.4 is 20.2 Å². The Balaban J connectivity index is 1.55. The van der Waals surface area contributed by atoms with Crippen molar-refractivity contribution >= 4 is 35.1 Å². The molecule has 2 N–H and O–H groups in total. The Morgan fingerprint density at radius 1 is 1.14 bits per heavy atom. The number of nitrogens with one attached hydrogen (secondary N) is 2. The molecule has 1 heterocycles. The van der Waals surface area contributed by atoms with Crippen molar-refractivity contribution in [2.75, 3.05) is 32.7 Å². The molecule has 13 heteroatoms. The van der Waals surface area contributed by atoms with Crippen LogP contribution in [0.25, 0.3) is 0 Å². The molecule has 3 rings (SSSR count). The first-order valence-electron chi connectivity index (χ1n) is 10.3. The van der Waals surface area contributed by atoms with Gasteiger partial charge in [-0.2, -0.15) is 0 Å². The van der Waals surface area contributed by atoms with Crippen LogP contribution in [0.2, 0.25) is 0 Å². The number of carbonyl (C=O) groups is 4. The fourth-order valence-electron chi connectivity index (χ4n) is 3.33. The molecule has 13 nitrogen and oxygen atoms in total. The maximum Gasteiger partial charge on any atom is 0.311 e. The molecule has 1 saturated heterocycles. The first-order valence-corrected chi connectivity index (χ1v) is 10.3. The molecule has 2 aromatic carbocycles. The fourth-order valence-corrected chi connectivity index (χ4v) is 3.33. The third kappa shape index (κ3) is 6.01. The number of amides is 3. The van der Waals surface area contributed by atoms with Gasteiger partial charge in [-0.1, -0.05) is 12.1 Å². The highest BCUT2D eigenvalue weighted by atomic mass is 16.6. The van der Waals surface area contributed by atoms with Gasteiger partial charge in [0.1, 0.15) is 17.2 Å². The molecule has 1 atom stereocenters. The third-order valence-corrected chi connectivity index (χ3v) is 5.07. The van der Waals surface area contributed by atoms with Crippen molar-refractivity contribution in [1.29, 1.82) is 0 Å². The molecule has 2 aromatic rings. The van der Waals surface area contributed by atoms with Gasteiger partial charge < -0.3 is 19.5 Å². The number of hydrogen-bond donors (Lipinski definition) is 2. The van der Waals surface area contributed by atoms with Crippen molar-refractivity contribution in [3.05, 3.63) is 58.1 Å². The molecule has 1 aliphatic rings. The lowest BCUT2D eigenvalue weighted by atomic mass is 10.1. The summed E-state index contributed by atoms with van der Waals surface area (Å²) in [6, 6.07) is 10.2. The molecule has 1 fully saturated rings. The highest BCUT2D eigenvalue weighted by Gasteiger charge is 2.37. The normalized spacial score (nSPS) is 14.7. The van der Waals surface area contributed by atoms with Crippen LogP contribution in [0.3, 0.4) is 0 Å². The highest BCUT2D eigenvalue weighted by molar-refractivity contribution is 5.99. The minimum Gasteiger partial charge on any atom is -0.497 e. The smallest absolute Gasteiger partial charge is 0.311 e. The summed E-state index contributed by atoms with van der Waals surface area (Å²) in [5, 5.41) is 14.5. The molecule has 0 radical (unpaired) electrons.